The number of fused-ring (bicyclic) bond motifs is 1. The number of non-ortho nitro benzene ring substituents is 1. The first kappa shape index (κ1) is 23.0. The van der Waals surface area contributed by atoms with Crippen LogP contribution in [0.1, 0.15) is 23.0 Å². The lowest BCUT2D eigenvalue weighted by Gasteiger charge is -2.10. The minimum atomic E-state index is -0.660. The molecule has 0 saturated heterocycles. The van der Waals surface area contributed by atoms with Crippen molar-refractivity contribution < 1.29 is 28.4 Å². The lowest BCUT2D eigenvalue weighted by molar-refractivity contribution is -0.384. The standard InChI is InChI=1S/C20H15Cl2N3O7/c1-2-30-18(26)10-31-19-14(21)5-11(6-15(19)22)9-23-24-20(27)17-8-12-7-13(25(28)29)3-4-16(12)32-17/h3-9H,2,10H2,1H3,(H,24,27)/b23-9+. The molecule has 0 bridgehead atoms. The fraction of sp³-hybridized carbons (Fsp3) is 0.150. The van der Waals surface area contributed by atoms with Crippen LogP contribution in [0.3, 0.4) is 0 Å². The van der Waals surface area contributed by atoms with Gasteiger partial charge in [-0.25, -0.2) is 10.2 Å². The molecule has 0 unspecified atom stereocenters. The number of nitrogens with zero attached hydrogens (tertiary/aromatic N) is 2. The Morgan fingerprint density at radius 2 is 1.94 bits per heavy atom. The Bertz CT molecular complexity index is 1200. The summed E-state index contributed by atoms with van der Waals surface area (Å²) in [6, 6.07) is 8.31. The summed E-state index contributed by atoms with van der Waals surface area (Å²) in [4.78, 5) is 34.0. The molecule has 32 heavy (non-hydrogen) atoms. The van der Waals surface area contributed by atoms with E-state index in [0.29, 0.717) is 16.5 Å². The van der Waals surface area contributed by atoms with E-state index in [1.54, 1.807) is 6.92 Å². The number of nitrogens with one attached hydrogen (secondary N) is 1. The van der Waals surface area contributed by atoms with Crippen LogP contribution in [0.15, 0.2) is 45.9 Å². The molecule has 0 aliphatic carbocycles. The molecule has 1 heterocycles. The number of halogens is 2. The fourth-order valence-electron chi connectivity index (χ4n) is 2.60. The predicted octanol–water partition coefficient (Wildman–Crippen LogP) is 4.35. The summed E-state index contributed by atoms with van der Waals surface area (Å²) < 4.78 is 15.4. The second kappa shape index (κ2) is 10.1. The summed E-state index contributed by atoms with van der Waals surface area (Å²) in [5.41, 5.74) is 2.93. The van der Waals surface area contributed by atoms with Gasteiger partial charge in [-0.3, -0.25) is 14.9 Å². The lowest BCUT2D eigenvalue weighted by atomic mass is 10.2. The Balaban J connectivity index is 1.66. The SMILES string of the molecule is CCOC(=O)COc1c(Cl)cc(/C=N/NC(=O)c2cc3cc([N+](=O)[O-])ccc3o2)cc1Cl. The number of furan rings is 1. The third kappa shape index (κ3) is 5.54. The molecule has 0 saturated carbocycles. The van der Waals surface area contributed by atoms with Gasteiger partial charge in [0.1, 0.15) is 5.58 Å². The molecular weight excluding hydrogens is 465 g/mol. The highest BCUT2D eigenvalue weighted by Gasteiger charge is 2.15. The topological polar surface area (TPSA) is 133 Å². The summed E-state index contributed by atoms with van der Waals surface area (Å²) in [7, 11) is 0. The molecule has 0 fully saturated rings. The van der Waals surface area contributed by atoms with E-state index in [4.69, 9.17) is 37.1 Å². The first-order chi connectivity index (χ1) is 15.3. The summed E-state index contributed by atoms with van der Waals surface area (Å²) in [5, 5.41) is 15.3. The van der Waals surface area contributed by atoms with Crippen LogP contribution in [-0.2, 0) is 9.53 Å². The predicted molar refractivity (Wildman–Crippen MR) is 117 cm³/mol. The highest BCUT2D eigenvalue weighted by atomic mass is 35.5. The summed E-state index contributed by atoms with van der Waals surface area (Å²) in [5.74, 6) is -1.18. The quantitative estimate of drug-likeness (QED) is 0.219. The molecule has 3 aromatic rings. The van der Waals surface area contributed by atoms with Crippen molar-refractivity contribution in [1.29, 1.82) is 0 Å². The normalized spacial score (nSPS) is 11.0. The van der Waals surface area contributed by atoms with Crippen molar-refractivity contribution in [3.05, 3.63) is 67.9 Å². The third-order valence-electron chi connectivity index (χ3n) is 3.97. The maximum Gasteiger partial charge on any atom is 0.344 e. The number of carbonyl (C=O) groups is 2. The molecule has 1 amide bonds. The van der Waals surface area contributed by atoms with Crippen LogP contribution in [-0.4, -0.2) is 36.2 Å². The molecule has 0 spiro atoms. The average Bonchev–Trinajstić information content (AvgIpc) is 3.16. The maximum atomic E-state index is 12.2. The van der Waals surface area contributed by atoms with Crippen LogP contribution in [0.5, 0.6) is 5.75 Å². The Hall–Kier alpha value is -3.63. The second-order valence-electron chi connectivity index (χ2n) is 6.20. The molecule has 0 aliphatic rings. The van der Waals surface area contributed by atoms with E-state index in [9.17, 15) is 19.7 Å². The number of hydrogen-bond donors (Lipinski definition) is 1. The van der Waals surface area contributed by atoms with Gasteiger partial charge >= 0.3 is 11.9 Å². The largest absolute Gasteiger partial charge is 0.479 e. The number of amides is 1. The molecule has 10 nitrogen and oxygen atoms in total. The van der Waals surface area contributed by atoms with Crippen molar-refractivity contribution in [2.45, 2.75) is 6.92 Å². The van der Waals surface area contributed by atoms with Crippen LogP contribution >= 0.6 is 23.2 Å². The smallest absolute Gasteiger partial charge is 0.344 e. The highest BCUT2D eigenvalue weighted by molar-refractivity contribution is 6.37. The number of carbonyl (C=O) groups excluding carboxylic acids is 2. The fourth-order valence-corrected chi connectivity index (χ4v) is 3.22. The highest BCUT2D eigenvalue weighted by Crippen LogP contribution is 2.34. The minimum absolute atomic E-state index is 0.0728. The third-order valence-corrected chi connectivity index (χ3v) is 4.54. The number of hydrazone groups is 1. The van der Waals surface area contributed by atoms with Gasteiger partial charge in [0.2, 0.25) is 0 Å². The zero-order chi connectivity index (χ0) is 23.3. The molecule has 12 heteroatoms. The molecule has 0 atom stereocenters. The van der Waals surface area contributed by atoms with E-state index < -0.39 is 16.8 Å². The van der Waals surface area contributed by atoms with Crippen LogP contribution in [0.4, 0.5) is 5.69 Å². The number of benzene rings is 2. The minimum Gasteiger partial charge on any atom is -0.479 e. The van der Waals surface area contributed by atoms with Crippen molar-refractivity contribution in [3.8, 4) is 5.75 Å². The first-order valence-corrected chi connectivity index (χ1v) is 9.83. The molecule has 1 aromatic heterocycles. The summed E-state index contributed by atoms with van der Waals surface area (Å²) in [6.07, 6.45) is 1.29. The van der Waals surface area contributed by atoms with E-state index in [2.05, 4.69) is 10.5 Å². The number of nitro benzene ring substituents is 1. The van der Waals surface area contributed by atoms with E-state index >= 15 is 0 Å². The van der Waals surface area contributed by atoms with Gasteiger partial charge in [0, 0.05) is 17.5 Å². The lowest BCUT2D eigenvalue weighted by Crippen LogP contribution is -2.16. The molecular formula is C20H15Cl2N3O7. The maximum absolute atomic E-state index is 12.2. The van der Waals surface area contributed by atoms with E-state index in [-0.39, 0.29) is 40.5 Å². The van der Waals surface area contributed by atoms with Crippen LogP contribution in [0, 0.1) is 10.1 Å². The van der Waals surface area contributed by atoms with Crippen molar-refractivity contribution in [1.82, 2.24) is 5.43 Å². The number of rotatable bonds is 8. The van der Waals surface area contributed by atoms with E-state index in [0.717, 1.165) is 0 Å². The van der Waals surface area contributed by atoms with Crippen LogP contribution in [0.25, 0.3) is 11.0 Å². The van der Waals surface area contributed by atoms with Crippen molar-refractivity contribution in [2.75, 3.05) is 13.2 Å². The van der Waals surface area contributed by atoms with Gasteiger partial charge in [-0.15, -0.1) is 0 Å². The Morgan fingerprint density at radius 3 is 2.59 bits per heavy atom. The molecule has 0 radical (unpaired) electrons. The second-order valence-corrected chi connectivity index (χ2v) is 7.01. The van der Waals surface area contributed by atoms with Gasteiger partial charge in [0.05, 0.1) is 27.8 Å². The summed E-state index contributed by atoms with van der Waals surface area (Å²) >= 11 is 12.3. The van der Waals surface area contributed by atoms with Crippen LogP contribution < -0.4 is 10.2 Å². The van der Waals surface area contributed by atoms with Crippen molar-refractivity contribution >= 4 is 57.9 Å². The van der Waals surface area contributed by atoms with E-state index in [1.807, 2.05) is 0 Å². The molecule has 1 N–H and O–H groups in total. The van der Waals surface area contributed by atoms with Gasteiger partial charge in [-0.05, 0) is 36.8 Å². The van der Waals surface area contributed by atoms with Gasteiger partial charge in [0.15, 0.2) is 18.1 Å². The average molecular weight is 480 g/mol. The zero-order valence-electron chi connectivity index (χ0n) is 16.5. The molecule has 166 valence electrons. The van der Waals surface area contributed by atoms with Crippen molar-refractivity contribution in [3.63, 3.8) is 0 Å². The molecule has 3 rings (SSSR count). The van der Waals surface area contributed by atoms with Gasteiger partial charge in [0.25, 0.3) is 5.69 Å². The Labute approximate surface area is 190 Å². The number of ether oxygens (including phenoxy) is 2. The van der Waals surface area contributed by atoms with E-state index in [1.165, 1.54) is 42.6 Å². The zero-order valence-corrected chi connectivity index (χ0v) is 18.0. The Kier molecular flexibility index (Phi) is 7.29. The number of nitro groups is 1. The Morgan fingerprint density at radius 1 is 1.22 bits per heavy atom. The number of hydrogen-bond acceptors (Lipinski definition) is 8. The number of esters is 1. The van der Waals surface area contributed by atoms with Crippen LogP contribution in [0.2, 0.25) is 10.0 Å². The monoisotopic (exact) mass is 479 g/mol. The van der Waals surface area contributed by atoms with Gasteiger partial charge < -0.3 is 13.9 Å². The molecule has 2 aromatic carbocycles. The van der Waals surface area contributed by atoms with Crippen molar-refractivity contribution in [2.24, 2.45) is 5.10 Å². The van der Waals surface area contributed by atoms with Gasteiger partial charge in [-0.2, -0.15) is 5.10 Å². The van der Waals surface area contributed by atoms with Gasteiger partial charge in [-0.1, -0.05) is 23.2 Å². The molecule has 0 aliphatic heterocycles. The first-order valence-electron chi connectivity index (χ1n) is 9.07. The summed E-state index contributed by atoms with van der Waals surface area (Å²) in [6.45, 7) is 1.54.